The first-order valence-electron chi connectivity index (χ1n) is 7.55. The highest BCUT2D eigenvalue weighted by molar-refractivity contribution is 6.30. The van der Waals surface area contributed by atoms with Crippen LogP contribution in [0.4, 0.5) is 0 Å². The second-order valence-corrected chi connectivity index (χ2v) is 6.18. The van der Waals surface area contributed by atoms with E-state index < -0.39 is 0 Å². The third kappa shape index (κ3) is 6.60. The first-order valence-corrected chi connectivity index (χ1v) is 8.31. The monoisotopic (exact) mass is 364 g/mol. The largest absolute Gasteiger partial charge is 0.355 e. The van der Waals surface area contributed by atoms with Gasteiger partial charge in [-0.1, -0.05) is 47.5 Å². The smallest absolute Gasteiger partial charge is 0.229 e. The van der Waals surface area contributed by atoms with Crippen LogP contribution in [0.25, 0.3) is 0 Å². The van der Waals surface area contributed by atoms with Crippen LogP contribution in [0.15, 0.2) is 48.5 Å². The lowest BCUT2D eigenvalue weighted by atomic mass is 10.1. The van der Waals surface area contributed by atoms with Gasteiger partial charge in [0.1, 0.15) is 6.42 Å². The summed E-state index contributed by atoms with van der Waals surface area (Å²) < 4.78 is 0. The zero-order valence-corrected chi connectivity index (χ0v) is 14.5. The van der Waals surface area contributed by atoms with Crippen molar-refractivity contribution in [3.63, 3.8) is 0 Å². The minimum Gasteiger partial charge on any atom is -0.355 e. The Hall–Kier alpha value is -2.04. The van der Waals surface area contributed by atoms with Crippen molar-refractivity contribution in [2.75, 3.05) is 6.54 Å². The summed E-state index contributed by atoms with van der Waals surface area (Å²) >= 11 is 11.6. The maximum atomic E-state index is 11.8. The number of hydrogen-bond donors (Lipinski definition) is 2. The standard InChI is InChI=1S/C18H18Cl2N2O2/c19-15-5-1-13(2-6-15)9-10-21-17(23)11-18(24)22-12-14-3-7-16(20)8-4-14/h1-8H,9-12H2,(H,21,23)(H,22,24). The molecule has 0 unspecified atom stereocenters. The molecule has 2 aromatic carbocycles. The third-order valence-corrected chi connectivity index (χ3v) is 3.88. The average molecular weight is 365 g/mol. The van der Waals surface area contributed by atoms with Crippen LogP contribution in [0.5, 0.6) is 0 Å². The molecule has 0 aliphatic heterocycles. The second-order valence-electron chi connectivity index (χ2n) is 5.31. The highest BCUT2D eigenvalue weighted by atomic mass is 35.5. The van der Waals surface area contributed by atoms with Gasteiger partial charge in [-0.15, -0.1) is 0 Å². The molecule has 24 heavy (non-hydrogen) atoms. The molecule has 2 rings (SSSR count). The molecule has 0 saturated carbocycles. The van der Waals surface area contributed by atoms with Crippen LogP contribution in [0.2, 0.25) is 10.0 Å². The van der Waals surface area contributed by atoms with Gasteiger partial charge in [-0.2, -0.15) is 0 Å². The zero-order valence-electron chi connectivity index (χ0n) is 13.0. The van der Waals surface area contributed by atoms with Gasteiger partial charge in [0.2, 0.25) is 11.8 Å². The second kappa shape index (κ2) is 9.30. The van der Waals surface area contributed by atoms with Crippen molar-refractivity contribution in [2.24, 2.45) is 0 Å². The molecule has 2 N–H and O–H groups in total. The van der Waals surface area contributed by atoms with Crippen molar-refractivity contribution in [1.29, 1.82) is 0 Å². The van der Waals surface area contributed by atoms with Crippen LogP contribution in [0.3, 0.4) is 0 Å². The first kappa shape index (κ1) is 18.3. The summed E-state index contributed by atoms with van der Waals surface area (Å²) in [5, 5.41) is 6.76. The van der Waals surface area contributed by atoms with Crippen LogP contribution in [-0.4, -0.2) is 18.4 Å². The lowest BCUT2D eigenvalue weighted by molar-refractivity contribution is -0.129. The summed E-state index contributed by atoms with van der Waals surface area (Å²) in [4.78, 5) is 23.5. The molecule has 0 fully saturated rings. The maximum absolute atomic E-state index is 11.8. The Labute approximate surface area is 151 Å². The highest BCUT2D eigenvalue weighted by Gasteiger charge is 2.08. The molecule has 126 valence electrons. The van der Waals surface area contributed by atoms with Crippen LogP contribution < -0.4 is 10.6 Å². The predicted molar refractivity (Wildman–Crippen MR) is 96.1 cm³/mol. The number of carbonyl (C=O) groups is 2. The van der Waals surface area contributed by atoms with Crippen molar-refractivity contribution in [1.82, 2.24) is 10.6 Å². The van der Waals surface area contributed by atoms with Gasteiger partial charge in [-0.05, 0) is 41.8 Å². The highest BCUT2D eigenvalue weighted by Crippen LogP contribution is 2.10. The molecule has 0 aromatic heterocycles. The van der Waals surface area contributed by atoms with E-state index in [1.807, 2.05) is 36.4 Å². The van der Waals surface area contributed by atoms with E-state index in [2.05, 4.69) is 10.6 Å². The molecule has 0 saturated heterocycles. The van der Waals surface area contributed by atoms with E-state index in [-0.39, 0.29) is 18.2 Å². The molecule has 0 atom stereocenters. The van der Waals surface area contributed by atoms with E-state index in [9.17, 15) is 9.59 Å². The Bertz CT molecular complexity index is 685. The number of nitrogens with one attached hydrogen (secondary N) is 2. The fourth-order valence-electron chi connectivity index (χ4n) is 2.07. The van der Waals surface area contributed by atoms with E-state index in [0.717, 1.165) is 11.1 Å². The molecule has 2 aromatic rings. The minimum atomic E-state index is -0.311. The van der Waals surface area contributed by atoms with Crippen LogP contribution in [-0.2, 0) is 22.6 Å². The number of carbonyl (C=O) groups excluding carboxylic acids is 2. The lowest BCUT2D eigenvalue weighted by Crippen LogP contribution is -2.32. The number of hydrogen-bond acceptors (Lipinski definition) is 2. The summed E-state index contributed by atoms with van der Waals surface area (Å²) in [5.41, 5.74) is 2.00. The summed E-state index contributed by atoms with van der Waals surface area (Å²) in [6, 6.07) is 14.6. The van der Waals surface area contributed by atoms with Crippen LogP contribution >= 0.6 is 23.2 Å². The van der Waals surface area contributed by atoms with Gasteiger partial charge in [-0.25, -0.2) is 0 Å². The van der Waals surface area contributed by atoms with Gasteiger partial charge in [0.15, 0.2) is 0 Å². The number of amides is 2. The van der Waals surface area contributed by atoms with E-state index in [1.54, 1.807) is 12.1 Å². The van der Waals surface area contributed by atoms with Crippen molar-refractivity contribution in [2.45, 2.75) is 19.4 Å². The molecular formula is C18H18Cl2N2O2. The summed E-state index contributed by atoms with van der Waals surface area (Å²) in [7, 11) is 0. The van der Waals surface area contributed by atoms with E-state index in [4.69, 9.17) is 23.2 Å². The molecule has 0 aliphatic rings. The number of benzene rings is 2. The van der Waals surface area contributed by atoms with Crippen molar-refractivity contribution in [3.05, 3.63) is 69.7 Å². The molecule has 0 spiro atoms. The Morgan fingerprint density at radius 2 is 1.25 bits per heavy atom. The van der Waals surface area contributed by atoms with Gasteiger partial charge in [0, 0.05) is 23.1 Å². The quantitative estimate of drug-likeness (QED) is 0.740. The first-order chi connectivity index (χ1) is 11.5. The van der Waals surface area contributed by atoms with E-state index in [0.29, 0.717) is 29.6 Å². The minimum absolute atomic E-state index is 0.186. The molecule has 0 aliphatic carbocycles. The fourth-order valence-corrected chi connectivity index (χ4v) is 2.32. The Balaban J connectivity index is 1.65. The Morgan fingerprint density at radius 1 is 0.750 bits per heavy atom. The van der Waals surface area contributed by atoms with E-state index >= 15 is 0 Å². The molecule has 6 heteroatoms. The topological polar surface area (TPSA) is 58.2 Å². The number of rotatable bonds is 7. The summed E-state index contributed by atoms with van der Waals surface area (Å²) in [6.07, 6.45) is 0.503. The Kier molecular flexibility index (Phi) is 7.09. The summed E-state index contributed by atoms with van der Waals surface area (Å²) in [5.74, 6) is -0.605. The molecule has 0 heterocycles. The van der Waals surface area contributed by atoms with Gasteiger partial charge >= 0.3 is 0 Å². The van der Waals surface area contributed by atoms with Gasteiger partial charge < -0.3 is 10.6 Å². The summed E-state index contributed by atoms with van der Waals surface area (Å²) in [6.45, 7) is 0.846. The fraction of sp³-hybridized carbons (Fsp3) is 0.222. The van der Waals surface area contributed by atoms with Crippen LogP contribution in [0, 0.1) is 0 Å². The molecule has 0 bridgehead atoms. The van der Waals surface area contributed by atoms with Crippen LogP contribution in [0.1, 0.15) is 17.5 Å². The van der Waals surface area contributed by atoms with Crippen molar-refractivity contribution in [3.8, 4) is 0 Å². The predicted octanol–water partition coefficient (Wildman–Crippen LogP) is 3.36. The van der Waals surface area contributed by atoms with Crippen molar-refractivity contribution >= 4 is 35.0 Å². The molecule has 0 radical (unpaired) electrons. The van der Waals surface area contributed by atoms with Gasteiger partial charge in [0.05, 0.1) is 0 Å². The number of halogens is 2. The maximum Gasteiger partial charge on any atom is 0.229 e. The zero-order chi connectivity index (χ0) is 17.4. The molecule has 4 nitrogen and oxygen atoms in total. The lowest BCUT2D eigenvalue weighted by Gasteiger charge is -2.07. The molecular weight excluding hydrogens is 347 g/mol. The normalized spacial score (nSPS) is 10.2. The van der Waals surface area contributed by atoms with Gasteiger partial charge in [-0.3, -0.25) is 9.59 Å². The average Bonchev–Trinajstić information content (AvgIpc) is 2.56. The SMILES string of the molecule is O=C(CC(=O)NCc1ccc(Cl)cc1)NCCc1ccc(Cl)cc1. The van der Waals surface area contributed by atoms with Gasteiger partial charge in [0.25, 0.3) is 0 Å². The van der Waals surface area contributed by atoms with Crippen molar-refractivity contribution < 1.29 is 9.59 Å². The third-order valence-electron chi connectivity index (χ3n) is 3.37. The van der Waals surface area contributed by atoms with E-state index in [1.165, 1.54) is 0 Å². The molecule has 2 amide bonds. The Morgan fingerprint density at radius 3 is 1.83 bits per heavy atom.